The molecule has 190 valence electrons. The number of carbonyl (C=O) groups excluding carboxylic acids is 2. The summed E-state index contributed by atoms with van der Waals surface area (Å²) in [4.78, 5) is 28.0. The quantitative estimate of drug-likeness (QED) is 0.563. The molecule has 0 radical (unpaired) electrons. The van der Waals surface area contributed by atoms with Crippen LogP contribution >= 0.6 is 0 Å². The molecule has 0 heterocycles. The lowest BCUT2D eigenvalue weighted by molar-refractivity contribution is -0.132. The van der Waals surface area contributed by atoms with Crippen LogP contribution < -0.4 is 4.90 Å². The Labute approximate surface area is 215 Å². The largest absolute Gasteiger partial charge is 0.384 e. The molecule has 0 aliphatic heterocycles. The SMILES string of the molecule is CCC(=O)[C@]1(C#CCO)CC[C@H]2[C@@H]3CCC4=CC(=O)CCC4=C3[C@@H](c3ccc(N(C)C)cc3)C[C@@]21C. The van der Waals surface area contributed by atoms with E-state index in [-0.39, 0.29) is 29.5 Å². The predicted molar refractivity (Wildman–Crippen MR) is 144 cm³/mol. The van der Waals surface area contributed by atoms with Crippen molar-refractivity contribution in [2.45, 2.75) is 71.1 Å². The van der Waals surface area contributed by atoms with Crippen LogP contribution in [0.15, 0.2) is 47.1 Å². The van der Waals surface area contributed by atoms with Gasteiger partial charge in [-0.2, -0.15) is 0 Å². The molecule has 36 heavy (non-hydrogen) atoms. The van der Waals surface area contributed by atoms with Gasteiger partial charge in [-0.1, -0.05) is 43.4 Å². The van der Waals surface area contributed by atoms with Crippen molar-refractivity contribution in [2.75, 3.05) is 25.6 Å². The highest BCUT2D eigenvalue weighted by molar-refractivity contribution is 5.93. The molecule has 4 aliphatic carbocycles. The molecule has 5 rings (SSSR count). The molecule has 0 unspecified atom stereocenters. The fourth-order valence-electron chi connectivity index (χ4n) is 8.22. The predicted octanol–water partition coefficient (Wildman–Crippen LogP) is 5.61. The van der Waals surface area contributed by atoms with Gasteiger partial charge in [0.2, 0.25) is 0 Å². The van der Waals surface area contributed by atoms with Crippen LogP contribution in [0, 0.1) is 34.5 Å². The third-order valence-corrected chi connectivity index (χ3v) is 9.92. The Morgan fingerprint density at radius 3 is 2.56 bits per heavy atom. The molecule has 0 aromatic heterocycles. The molecule has 0 spiro atoms. The third-order valence-electron chi connectivity index (χ3n) is 9.92. The second-order valence-corrected chi connectivity index (χ2v) is 11.7. The van der Waals surface area contributed by atoms with Gasteiger partial charge in [0.05, 0.1) is 5.41 Å². The smallest absolute Gasteiger partial charge is 0.156 e. The zero-order valence-corrected chi connectivity index (χ0v) is 22.2. The number of carbonyl (C=O) groups is 2. The van der Waals surface area contributed by atoms with Crippen molar-refractivity contribution in [3.05, 3.63) is 52.6 Å². The van der Waals surface area contributed by atoms with E-state index in [0.29, 0.717) is 24.7 Å². The number of anilines is 1. The molecule has 0 saturated heterocycles. The maximum atomic E-state index is 13.6. The van der Waals surface area contributed by atoms with Crippen LogP contribution in [0.2, 0.25) is 0 Å². The van der Waals surface area contributed by atoms with Gasteiger partial charge in [0.15, 0.2) is 11.6 Å². The van der Waals surface area contributed by atoms with Crippen LogP contribution in [0.1, 0.15) is 76.7 Å². The Bertz CT molecular complexity index is 1190. The molecule has 5 atom stereocenters. The standard InChI is InChI=1S/C32H39NO3/c1-5-29(36)32(16-6-18-34)17-15-28-26-13-9-22-19-24(35)12-14-25(22)30(26)27(20-31(28,32)2)21-7-10-23(11-8-21)33(3)4/h7-8,10-11,19,26-28,34H,5,9,12-15,17-18,20H2,1-4H3/t26-,27+,28-,31-,32-/m0/s1. The lowest BCUT2D eigenvalue weighted by Crippen LogP contribution is -2.50. The molecule has 4 nitrogen and oxygen atoms in total. The number of benzene rings is 1. The van der Waals surface area contributed by atoms with E-state index in [4.69, 9.17) is 0 Å². The second kappa shape index (κ2) is 9.34. The van der Waals surface area contributed by atoms with E-state index < -0.39 is 5.41 Å². The maximum absolute atomic E-state index is 13.6. The Morgan fingerprint density at radius 1 is 1.14 bits per heavy atom. The first-order valence-corrected chi connectivity index (χ1v) is 13.6. The van der Waals surface area contributed by atoms with Crippen LogP contribution in [0.25, 0.3) is 0 Å². The summed E-state index contributed by atoms with van der Waals surface area (Å²) in [6.07, 6.45) is 8.46. The summed E-state index contributed by atoms with van der Waals surface area (Å²) < 4.78 is 0. The van der Waals surface area contributed by atoms with Gasteiger partial charge in [-0.05, 0) is 90.7 Å². The number of Topliss-reactive ketones (excluding diaryl/α,β-unsaturated/α-hetero) is 1. The highest BCUT2D eigenvalue weighted by Gasteiger charge is 2.65. The van der Waals surface area contributed by atoms with E-state index in [2.05, 4.69) is 62.0 Å². The first-order chi connectivity index (χ1) is 17.3. The Hall–Kier alpha value is -2.64. The second-order valence-electron chi connectivity index (χ2n) is 11.7. The van der Waals surface area contributed by atoms with Gasteiger partial charge in [0, 0.05) is 38.5 Å². The maximum Gasteiger partial charge on any atom is 0.156 e. The molecule has 0 amide bonds. The Kier molecular flexibility index (Phi) is 6.50. The molecule has 1 N–H and O–H groups in total. The van der Waals surface area contributed by atoms with Gasteiger partial charge < -0.3 is 10.0 Å². The van der Waals surface area contributed by atoms with Gasteiger partial charge in [-0.25, -0.2) is 0 Å². The van der Waals surface area contributed by atoms with E-state index in [9.17, 15) is 14.7 Å². The molecular weight excluding hydrogens is 446 g/mol. The van der Waals surface area contributed by atoms with Gasteiger partial charge >= 0.3 is 0 Å². The lowest BCUT2D eigenvalue weighted by atomic mass is 9.48. The minimum absolute atomic E-state index is 0.206. The van der Waals surface area contributed by atoms with Crippen LogP contribution in [-0.4, -0.2) is 37.4 Å². The average molecular weight is 486 g/mol. The number of hydrogen-bond acceptors (Lipinski definition) is 4. The van der Waals surface area contributed by atoms with E-state index in [0.717, 1.165) is 38.5 Å². The van der Waals surface area contributed by atoms with Crippen molar-refractivity contribution in [3.63, 3.8) is 0 Å². The van der Waals surface area contributed by atoms with Crippen molar-refractivity contribution >= 4 is 17.3 Å². The summed E-state index contributed by atoms with van der Waals surface area (Å²) >= 11 is 0. The monoisotopic (exact) mass is 485 g/mol. The van der Waals surface area contributed by atoms with E-state index in [1.165, 1.54) is 28.0 Å². The van der Waals surface area contributed by atoms with Crippen molar-refractivity contribution in [2.24, 2.45) is 22.7 Å². The molecule has 2 saturated carbocycles. The van der Waals surface area contributed by atoms with Crippen LogP contribution in [0.5, 0.6) is 0 Å². The highest BCUT2D eigenvalue weighted by atomic mass is 16.2. The number of allylic oxidation sites excluding steroid dienone is 4. The lowest BCUT2D eigenvalue weighted by Gasteiger charge is -2.54. The van der Waals surface area contributed by atoms with Gasteiger partial charge in [-0.15, -0.1) is 0 Å². The summed E-state index contributed by atoms with van der Waals surface area (Å²) in [5.74, 6) is 7.77. The number of rotatable bonds is 4. The molecule has 0 bridgehead atoms. The first kappa shape index (κ1) is 25.0. The number of ketones is 2. The van der Waals surface area contributed by atoms with Crippen molar-refractivity contribution in [1.29, 1.82) is 0 Å². The van der Waals surface area contributed by atoms with Crippen LogP contribution in [0.3, 0.4) is 0 Å². The summed E-state index contributed by atoms with van der Waals surface area (Å²) in [6, 6.07) is 8.91. The first-order valence-electron chi connectivity index (χ1n) is 13.6. The number of hydrogen-bond donors (Lipinski definition) is 1. The Morgan fingerprint density at radius 2 is 1.89 bits per heavy atom. The van der Waals surface area contributed by atoms with E-state index in [1.54, 1.807) is 0 Å². The van der Waals surface area contributed by atoms with E-state index >= 15 is 0 Å². The molecule has 1 aromatic carbocycles. The van der Waals surface area contributed by atoms with Gasteiger partial charge in [-0.3, -0.25) is 9.59 Å². The van der Waals surface area contributed by atoms with Crippen LogP contribution in [-0.2, 0) is 9.59 Å². The number of nitrogens with zero attached hydrogens (tertiary/aromatic N) is 1. The summed E-state index contributed by atoms with van der Waals surface area (Å²) in [5.41, 5.74) is 5.73. The zero-order valence-electron chi connectivity index (χ0n) is 22.2. The highest BCUT2D eigenvalue weighted by Crippen LogP contribution is 2.69. The average Bonchev–Trinajstić information content (AvgIpc) is 3.18. The summed E-state index contributed by atoms with van der Waals surface area (Å²) in [7, 11) is 4.12. The van der Waals surface area contributed by atoms with Gasteiger partial charge in [0.1, 0.15) is 6.61 Å². The third kappa shape index (κ3) is 3.70. The molecule has 2 fully saturated rings. The molecule has 4 heteroatoms. The van der Waals surface area contributed by atoms with Crippen LogP contribution in [0.4, 0.5) is 5.69 Å². The fourth-order valence-corrected chi connectivity index (χ4v) is 8.22. The zero-order chi connectivity index (χ0) is 25.7. The van der Waals surface area contributed by atoms with E-state index in [1.807, 2.05) is 13.0 Å². The minimum atomic E-state index is -0.703. The normalized spacial score (nSPS) is 33.1. The minimum Gasteiger partial charge on any atom is -0.384 e. The number of aliphatic hydroxyl groups is 1. The topological polar surface area (TPSA) is 57.6 Å². The summed E-state index contributed by atoms with van der Waals surface area (Å²) in [5, 5.41) is 9.58. The number of aliphatic hydroxyl groups excluding tert-OH is 1. The molecule has 4 aliphatic rings. The Balaban J connectivity index is 1.69. The van der Waals surface area contributed by atoms with Gasteiger partial charge in [0.25, 0.3) is 0 Å². The molecule has 1 aromatic rings. The van der Waals surface area contributed by atoms with Crippen molar-refractivity contribution in [3.8, 4) is 11.8 Å². The van der Waals surface area contributed by atoms with Crippen molar-refractivity contribution in [1.82, 2.24) is 0 Å². The molecular formula is C32H39NO3. The van der Waals surface area contributed by atoms with Crippen molar-refractivity contribution < 1.29 is 14.7 Å². The number of fused-ring (bicyclic) bond motifs is 4. The fraction of sp³-hybridized carbons (Fsp3) is 0.562. The summed E-state index contributed by atoms with van der Waals surface area (Å²) in [6.45, 7) is 4.06.